The predicted molar refractivity (Wildman–Crippen MR) is 79.9 cm³/mol. The van der Waals surface area contributed by atoms with Gasteiger partial charge in [-0.25, -0.2) is 9.78 Å². The maximum atomic E-state index is 11.6. The lowest BCUT2D eigenvalue weighted by Crippen LogP contribution is -2.18. The van der Waals surface area contributed by atoms with Gasteiger partial charge in [-0.3, -0.25) is 0 Å². The minimum atomic E-state index is -0.323. The van der Waals surface area contributed by atoms with Gasteiger partial charge in [0, 0.05) is 21.6 Å². The molecule has 0 bridgehead atoms. The Morgan fingerprint density at radius 1 is 1.44 bits per heavy atom. The molecule has 3 nitrogen and oxygen atoms in total. The Labute approximate surface area is 120 Å². The quantitative estimate of drug-likeness (QED) is 0.799. The topological polar surface area (TPSA) is 39.2 Å². The summed E-state index contributed by atoms with van der Waals surface area (Å²) in [5.74, 6) is 2.06. The van der Waals surface area contributed by atoms with Crippen LogP contribution < -0.4 is 0 Å². The number of hydrogen-bond acceptors (Lipinski definition) is 6. The lowest BCUT2D eigenvalue weighted by Gasteiger charge is -2.28. The first-order valence-electron chi connectivity index (χ1n) is 5.96. The van der Waals surface area contributed by atoms with Crippen LogP contribution in [0.3, 0.4) is 0 Å². The molecule has 1 aromatic heterocycles. The van der Waals surface area contributed by atoms with Crippen LogP contribution in [0.4, 0.5) is 0 Å². The molecule has 6 heteroatoms. The number of rotatable bonds is 3. The molecule has 2 heterocycles. The van der Waals surface area contributed by atoms with Crippen LogP contribution in [0.5, 0.6) is 0 Å². The van der Waals surface area contributed by atoms with Crippen LogP contribution in [0.2, 0.25) is 0 Å². The van der Waals surface area contributed by atoms with E-state index in [4.69, 9.17) is 4.74 Å². The fraction of sp³-hybridized carbons (Fsp3) is 0.667. The summed E-state index contributed by atoms with van der Waals surface area (Å²) in [6, 6.07) is 0. The van der Waals surface area contributed by atoms with E-state index in [-0.39, 0.29) is 5.97 Å². The van der Waals surface area contributed by atoms with Crippen LogP contribution >= 0.6 is 34.9 Å². The van der Waals surface area contributed by atoms with Gasteiger partial charge in [0.1, 0.15) is 5.01 Å². The number of carbonyl (C=O) groups is 1. The number of methoxy groups -OCH3 is 1. The number of thiazole rings is 1. The molecular weight excluding hydrogens is 286 g/mol. The SMILES string of the molecule is CCC1SCCSC1c1nc(C(=O)OC)c(C)s1. The van der Waals surface area contributed by atoms with Crippen molar-refractivity contribution in [2.75, 3.05) is 18.6 Å². The van der Waals surface area contributed by atoms with Gasteiger partial charge in [-0.2, -0.15) is 11.8 Å². The van der Waals surface area contributed by atoms with Gasteiger partial charge in [-0.05, 0) is 13.3 Å². The first-order chi connectivity index (χ1) is 8.67. The minimum Gasteiger partial charge on any atom is -0.464 e. The Kier molecular flexibility index (Phi) is 4.98. The molecule has 1 aliphatic heterocycles. The zero-order chi connectivity index (χ0) is 13.1. The molecule has 0 saturated carbocycles. The lowest BCUT2D eigenvalue weighted by molar-refractivity contribution is 0.0594. The summed E-state index contributed by atoms with van der Waals surface area (Å²) in [4.78, 5) is 17.1. The number of esters is 1. The van der Waals surface area contributed by atoms with Crippen molar-refractivity contribution in [3.8, 4) is 0 Å². The van der Waals surface area contributed by atoms with Crippen LogP contribution in [-0.4, -0.2) is 34.8 Å². The van der Waals surface area contributed by atoms with Gasteiger partial charge in [0.2, 0.25) is 0 Å². The lowest BCUT2D eigenvalue weighted by atomic mass is 10.2. The summed E-state index contributed by atoms with van der Waals surface area (Å²) < 4.78 is 4.76. The van der Waals surface area contributed by atoms with Crippen molar-refractivity contribution in [1.29, 1.82) is 0 Å². The van der Waals surface area contributed by atoms with Crippen LogP contribution in [0.25, 0.3) is 0 Å². The summed E-state index contributed by atoms with van der Waals surface area (Å²) in [5.41, 5.74) is 0.489. The third-order valence-corrected chi connectivity index (χ3v) is 7.35. The number of ether oxygens (including phenoxy) is 1. The highest BCUT2D eigenvalue weighted by molar-refractivity contribution is 8.06. The second-order valence-electron chi connectivity index (χ2n) is 4.06. The third-order valence-electron chi connectivity index (χ3n) is 2.89. The molecule has 1 aromatic rings. The van der Waals surface area contributed by atoms with Gasteiger partial charge in [-0.1, -0.05) is 6.92 Å². The number of aryl methyl sites for hydroxylation is 1. The Morgan fingerprint density at radius 2 is 2.17 bits per heavy atom. The minimum absolute atomic E-state index is 0.323. The van der Waals surface area contributed by atoms with Gasteiger partial charge in [-0.15, -0.1) is 23.1 Å². The van der Waals surface area contributed by atoms with Crippen molar-refractivity contribution in [2.45, 2.75) is 30.8 Å². The van der Waals surface area contributed by atoms with Crippen molar-refractivity contribution in [1.82, 2.24) is 4.98 Å². The monoisotopic (exact) mass is 303 g/mol. The van der Waals surface area contributed by atoms with Gasteiger partial charge in [0.15, 0.2) is 5.69 Å². The molecule has 1 saturated heterocycles. The smallest absolute Gasteiger partial charge is 0.357 e. The van der Waals surface area contributed by atoms with E-state index in [2.05, 4.69) is 11.9 Å². The molecule has 0 N–H and O–H groups in total. The van der Waals surface area contributed by atoms with E-state index in [0.717, 1.165) is 22.1 Å². The molecule has 0 radical (unpaired) electrons. The van der Waals surface area contributed by atoms with E-state index >= 15 is 0 Å². The zero-order valence-corrected chi connectivity index (χ0v) is 13.2. The molecule has 0 aromatic carbocycles. The molecule has 2 unspecified atom stereocenters. The van der Waals surface area contributed by atoms with E-state index < -0.39 is 0 Å². The first-order valence-corrected chi connectivity index (χ1v) is 8.87. The number of hydrogen-bond donors (Lipinski definition) is 0. The standard InChI is InChI=1S/C12H17NO2S3/c1-4-8-10(17-6-5-16-8)11-13-9(7(2)18-11)12(14)15-3/h8,10H,4-6H2,1-3H3. The van der Waals surface area contributed by atoms with E-state index in [9.17, 15) is 4.79 Å². The maximum Gasteiger partial charge on any atom is 0.357 e. The number of thioether (sulfide) groups is 2. The molecule has 18 heavy (non-hydrogen) atoms. The van der Waals surface area contributed by atoms with Gasteiger partial charge in [0.05, 0.1) is 12.4 Å². The maximum absolute atomic E-state index is 11.6. The summed E-state index contributed by atoms with van der Waals surface area (Å²) in [6.45, 7) is 4.16. The number of aromatic nitrogens is 1. The van der Waals surface area contributed by atoms with Gasteiger partial charge in [0.25, 0.3) is 0 Å². The molecule has 1 fully saturated rings. The van der Waals surface area contributed by atoms with Crippen molar-refractivity contribution in [2.24, 2.45) is 0 Å². The number of nitrogens with zero attached hydrogens (tertiary/aromatic N) is 1. The highest BCUT2D eigenvalue weighted by atomic mass is 32.2. The van der Waals surface area contributed by atoms with Crippen molar-refractivity contribution in [3.63, 3.8) is 0 Å². The van der Waals surface area contributed by atoms with E-state index in [1.807, 2.05) is 30.4 Å². The van der Waals surface area contributed by atoms with Crippen LogP contribution in [-0.2, 0) is 4.74 Å². The Hall–Kier alpha value is -0.200. The normalized spacial score (nSPS) is 23.9. The molecule has 2 atom stereocenters. The van der Waals surface area contributed by atoms with Crippen LogP contribution in [0.1, 0.15) is 39.0 Å². The fourth-order valence-electron chi connectivity index (χ4n) is 1.96. The Bertz CT molecular complexity index is 433. The summed E-state index contributed by atoms with van der Waals surface area (Å²) in [7, 11) is 1.40. The second-order valence-corrected chi connectivity index (χ2v) is 7.89. The molecule has 2 rings (SSSR count). The van der Waals surface area contributed by atoms with E-state index in [1.54, 1.807) is 11.3 Å². The average molecular weight is 303 g/mol. The van der Waals surface area contributed by atoms with Crippen molar-refractivity contribution < 1.29 is 9.53 Å². The molecule has 0 spiro atoms. The first kappa shape index (κ1) is 14.2. The zero-order valence-electron chi connectivity index (χ0n) is 10.8. The molecule has 100 valence electrons. The van der Waals surface area contributed by atoms with E-state index in [0.29, 0.717) is 16.2 Å². The molecule has 1 aliphatic rings. The summed E-state index contributed by atoms with van der Waals surface area (Å²) in [6.07, 6.45) is 1.15. The van der Waals surface area contributed by atoms with E-state index in [1.165, 1.54) is 12.9 Å². The second kappa shape index (κ2) is 6.30. The molecule has 0 amide bonds. The molecule has 0 aliphatic carbocycles. The van der Waals surface area contributed by atoms with Crippen LogP contribution in [0.15, 0.2) is 0 Å². The largest absolute Gasteiger partial charge is 0.464 e. The average Bonchev–Trinajstić information content (AvgIpc) is 2.79. The summed E-state index contributed by atoms with van der Waals surface area (Å²) >= 11 is 5.63. The van der Waals surface area contributed by atoms with Crippen LogP contribution in [0, 0.1) is 6.92 Å². The van der Waals surface area contributed by atoms with Gasteiger partial charge < -0.3 is 4.74 Å². The van der Waals surface area contributed by atoms with Crippen molar-refractivity contribution >= 4 is 40.8 Å². The predicted octanol–water partition coefficient (Wildman–Crippen LogP) is 3.54. The fourth-order valence-corrected chi connectivity index (χ4v) is 6.29. The Balaban J connectivity index is 2.24. The Morgan fingerprint density at radius 3 is 2.83 bits per heavy atom. The number of carbonyl (C=O) groups excluding carboxylic acids is 1. The molecular formula is C12H17NO2S3. The highest BCUT2D eigenvalue weighted by Gasteiger charge is 2.30. The van der Waals surface area contributed by atoms with Gasteiger partial charge >= 0.3 is 5.97 Å². The highest BCUT2D eigenvalue weighted by Crippen LogP contribution is 2.45. The van der Waals surface area contributed by atoms with Crippen molar-refractivity contribution in [3.05, 3.63) is 15.6 Å². The summed E-state index contributed by atoms with van der Waals surface area (Å²) in [5, 5.41) is 2.12. The third kappa shape index (κ3) is 2.86.